The second-order valence-electron chi connectivity index (χ2n) is 5.63. The van der Waals surface area contributed by atoms with Gasteiger partial charge in [-0.3, -0.25) is 4.79 Å². The summed E-state index contributed by atoms with van der Waals surface area (Å²) in [6, 6.07) is 0. The van der Waals surface area contributed by atoms with Crippen molar-refractivity contribution in [1.82, 2.24) is 14.9 Å². The fraction of sp³-hybridized carbons (Fsp3) is 0.750. The Kier molecular flexibility index (Phi) is 9.53. The van der Waals surface area contributed by atoms with Crippen molar-refractivity contribution in [3.8, 4) is 0 Å². The summed E-state index contributed by atoms with van der Waals surface area (Å²) in [5.74, 6) is 0.780. The molecule has 1 amide bonds. The van der Waals surface area contributed by atoms with Crippen LogP contribution in [0.25, 0.3) is 0 Å². The Balaban J connectivity index is 2.02. The lowest BCUT2D eigenvalue weighted by Gasteiger charge is -2.14. The van der Waals surface area contributed by atoms with Gasteiger partial charge in [-0.25, -0.2) is 4.98 Å². The minimum Gasteiger partial charge on any atom is -0.356 e. The molecule has 1 aromatic heterocycles. The maximum atomic E-state index is 11.8. The van der Waals surface area contributed by atoms with E-state index in [-0.39, 0.29) is 5.91 Å². The molecular formula is C16H30N4O. The van der Waals surface area contributed by atoms with Gasteiger partial charge in [-0.05, 0) is 38.1 Å². The number of carbonyl (C=O) groups excluding carboxylic acids is 1. The van der Waals surface area contributed by atoms with Gasteiger partial charge in [0.25, 0.3) is 0 Å². The monoisotopic (exact) mass is 294 g/mol. The maximum Gasteiger partial charge on any atom is 0.220 e. The van der Waals surface area contributed by atoms with Gasteiger partial charge < -0.3 is 15.6 Å². The summed E-state index contributed by atoms with van der Waals surface area (Å²) in [5.41, 5.74) is 5.61. The highest BCUT2D eigenvalue weighted by molar-refractivity contribution is 5.75. The van der Waals surface area contributed by atoms with Gasteiger partial charge in [0.1, 0.15) is 0 Å². The number of hydrogen-bond donors (Lipinski definition) is 2. The molecule has 0 fully saturated rings. The Morgan fingerprint density at radius 1 is 1.33 bits per heavy atom. The van der Waals surface area contributed by atoms with E-state index in [1.54, 1.807) is 6.20 Å². The number of amides is 1. The van der Waals surface area contributed by atoms with E-state index in [1.807, 2.05) is 12.5 Å². The Hall–Kier alpha value is -1.36. The number of carbonyl (C=O) groups is 1. The minimum absolute atomic E-state index is 0.177. The highest BCUT2D eigenvalue weighted by Crippen LogP contribution is 2.16. The average molecular weight is 294 g/mol. The summed E-state index contributed by atoms with van der Waals surface area (Å²) in [5, 5.41) is 3.01. The second-order valence-corrected chi connectivity index (χ2v) is 5.63. The smallest absolute Gasteiger partial charge is 0.220 e. The van der Waals surface area contributed by atoms with E-state index in [0.717, 1.165) is 45.3 Å². The summed E-state index contributed by atoms with van der Waals surface area (Å²) in [6.07, 6.45) is 12.6. The summed E-state index contributed by atoms with van der Waals surface area (Å²) in [6.45, 7) is 4.64. The van der Waals surface area contributed by atoms with Crippen molar-refractivity contribution >= 4 is 5.91 Å². The lowest BCUT2D eigenvalue weighted by atomic mass is 9.94. The second kappa shape index (κ2) is 11.3. The zero-order chi connectivity index (χ0) is 15.3. The molecule has 0 aliphatic heterocycles. The molecule has 0 bridgehead atoms. The van der Waals surface area contributed by atoms with Crippen molar-refractivity contribution < 1.29 is 4.79 Å². The molecule has 0 saturated heterocycles. The molecule has 3 N–H and O–H groups in total. The fourth-order valence-electron chi connectivity index (χ4n) is 2.57. The molecule has 0 spiro atoms. The molecule has 5 heteroatoms. The standard InChI is InChI=1S/C16H30N4O/c1-2-5-15(8-9-17)6-7-16(21)19-10-3-4-12-20-13-11-18-14-20/h11,13-15H,2-10,12,17H2,1H3,(H,19,21). The zero-order valence-electron chi connectivity index (χ0n) is 13.3. The van der Waals surface area contributed by atoms with Crippen LogP contribution >= 0.6 is 0 Å². The molecule has 21 heavy (non-hydrogen) atoms. The molecule has 1 rings (SSSR count). The third kappa shape index (κ3) is 8.50. The van der Waals surface area contributed by atoms with Gasteiger partial charge >= 0.3 is 0 Å². The van der Waals surface area contributed by atoms with Gasteiger partial charge in [0.15, 0.2) is 0 Å². The third-order valence-electron chi connectivity index (χ3n) is 3.78. The van der Waals surface area contributed by atoms with Crippen molar-refractivity contribution in [1.29, 1.82) is 0 Å². The molecule has 0 aliphatic rings. The first-order chi connectivity index (χ1) is 10.3. The number of imidazole rings is 1. The summed E-state index contributed by atoms with van der Waals surface area (Å²) in [4.78, 5) is 15.8. The number of rotatable bonds is 12. The van der Waals surface area contributed by atoms with Gasteiger partial charge in [0, 0.05) is 31.9 Å². The number of aryl methyl sites for hydroxylation is 1. The first-order valence-electron chi connectivity index (χ1n) is 8.18. The van der Waals surface area contributed by atoms with Crippen LogP contribution in [0.15, 0.2) is 18.7 Å². The Morgan fingerprint density at radius 2 is 2.19 bits per heavy atom. The number of hydrogen-bond acceptors (Lipinski definition) is 3. The van der Waals surface area contributed by atoms with Crippen LogP contribution in [-0.4, -0.2) is 28.5 Å². The third-order valence-corrected chi connectivity index (χ3v) is 3.78. The van der Waals surface area contributed by atoms with Crippen LogP contribution < -0.4 is 11.1 Å². The lowest BCUT2D eigenvalue weighted by molar-refractivity contribution is -0.121. The van der Waals surface area contributed by atoms with Crippen LogP contribution in [0.4, 0.5) is 0 Å². The number of unbranched alkanes of at least 4 members (excludes halogenated alkanes) is 1. The molecule has 1 atom stereocenters. The van der Waals surface area contributed by atoms with Crippen LogP contribution in [0.2, 0.25) is 0 Å². The molecule has 0 aromatic carbocycles. The van der Waals surface area contributed by atoms with Crippen molar-refractivity contribution in [2.45, 2.75) is 58.4 Å². The predicted molar refractivity (Wildman–Crippen MR) is 85.8 cm³/mol. The van der Waals surface area contributed by atoms with Crippen LogP contribution in [0.1, 0.15) is 51.9 Å². The summed E-state index contributed by atoms with van der Waals surface area (Å²) < 4.78 is 2.06. The van der Waals surface area contributed by atoms with E-state index < -0.39 is 0 Å². The SMILES string of the molecule is CCCC(CCN)CCC(=O)NCCCCn1ccnc1. The first kappa shape index (κ1) is 17.7. The van der Waals surface area contributed by atoms with E-state index in [9.17, 15) is 4.79 Å². The van der Waals surface area contributed by atoms with Crippen molar-refractivity contribution in [2.75, 3.05) is 13.1 Å². The highest BCUT2D eigenvalue weighted by atomic mass is 16.1. The van der Waals surface area contributed by atoms with Gasteiger partial charge in [0.2, 0.25) is 5.91 Å². The van der Waals surface area contributed by atoms with Gasteiger partial charge in [-0.2, -0.15) is 0 Å². The fourth-order valence-corrected chi connectivity index (χ4v) is 2.57. The van der Waals surface area contributed by atoms with E-state index in [1.165, 1.54) is 12.8 Å². The van der Waals surface area contributed by atoms with Gasteiger partial charge in [0.05, 0.1) is 6.33 Å². The Bertz CT molecular complexity index is 358. The maximum absolute atomic E-state index is 11.8. The van der Waals surface area contributed by atoms with Gasteiger partial charge in [-0.1, -0.05) is 19.8 Å². The van der Waals surface area contributed by atoms with E-state index in [2.05, 4.69) is 21.8 Å². The molecule has 1 unspecified atom stereocenters. The quantitative estimate of drug-likeness (QED) is 0.581. The predicted octanol–water partition coefficient (Wildman–Crippen LogP) is 2.32. The highest BCUT2D eigenvalue weighted by Gasteiger charge is 2.09. The number of nitrogens with one attached hydrogen (secondary N) is 1. The molecule has 0 aliphatic carbocycles. The summed E-state index contributed by atoms with van der Waals surface area (Å²) >= 11 is 0. The Morgan fingerprint density at radius 3 is 2.86 bits per heavy atom. The van der Waals surface area contributed by atoms with E-state index in [4.69, 9.17) is 5.73 Å². The number of nitrogens with two attached hydrogens (primary N) is 1. The van der Waals surface area contributed by atoms with E-state index >= 15 is 0 Å². The molecule has 1 heterocycles. The molecule has 1 aromatic rings. The zero-order valence-corrected chi connectivity index (χ0v) is 13.3. The van der Waals surface area contributed by atoms with E-state index in [0.29, 0.717) is 12.3 Å². The first-order valence-corrected chi connectivity index (χ1v) is 8.18. The lowest BCUT2D eigenvalue weighted by Crippen LogP contribution is -2.25. The van der Waals surface area contributed by atoms with Crippen LogP contribution in [0.3, 0.4) is 0 Å². The number of aromatic nitrogens is 2. The molecular weight excluding hydrogens is 264 g/mol. The van der Waals surface area contributed by atoms with Gasteiger partial charge in [-0.15, -0.1) is 0 Å². The van der Waals surface area contributed by atoms with Crippen LogP contribution in [-0.2, 0) is 11.3 Å². The van der Waals surface area contributed by atoms with Crippen LogP contribution in [0, 0.1) is 5.92 Å². The summed E-state index contributed by atoms with van der Waals surface area (Å²) in [7, 11) is 0. The largest absolute Gasteiger partial charge is 0.356 e. The average Bonchev–Trinajstić information content (AvgIpc) is 2.98. The van der Waals surface area contributed by atoms with Crippen molar-refractivity contribution in [2.24, 2.45) is 11.7 Å². The Labute approximate surface area is 128 Å². The molecule has 0 saturated carbocycles. The number of nitrogens with zero attached hydrogens (tertiary/aromatic N) is 2. The molecule has 120 valence electrons. The normalized spacial score (nSPS) is 12.3. The molecule has 0 radical (unpaired) electrons. The topological polar surface area (TPSA) is 72.9 Å². The van der Waals surface area contributed by atoms with Crippen molar-refractivity contribution in [3.05, 3.63) is 18.7 Å². The van der Waals surface area contributed by atoms with Crippen LogP contribution in [0.5, 0.6) is 0 Å². The van der Waals surface area contributed by atoms with Crippen molar-refractivity contribution in [3.63, 3.8) is 0 Å². The minimum atomic E-state index is 0.177. The molecule has 5 nitrogen and oxygen atoms in total.